The molecule has 1 saturated heterocycles. The Morgan fingerprint density at radius 2 is 1.83 bits per heavy atom. The van der Waals surface area contributed by atoms with Crippen molar-refractivity contribution >= 4 is 23.6 Å². The first-order valence-corrected chi connectivity index (χ1v) is 10.8. The molecule has 0 saturated carbocycles. The molecule has 184 valence electrons. The molecule has 0 aliphatic carbocycles. The van der Waals surface area contributed by atoms with Crippen molar-refractivity contribution in [2.75, 3.05) is 37.5 Å². The van der Waals surface area contributed by atoms with Crippen LogP contribution in [0.5, 0.6) is 5.75 Å². The molecule has 35 heavy (non-hydrogen) atoms. The van der Waals surface area contributed by atoms with Gasteiger partial charge in [0.25, 0.3) is 0 Å². The molecule has 10 nitrogen and oxygen atoms in total. The molecule has 1 aromatic carbocycles. The number of methoxy groups -OCH3 is 2. The minimum Gasteiger partial charge on any atom is -0.497 e. The summed E-state index contributed by atoms with van der Waals surface area (Å²) in [6, 6.07) is 5.51. The molecule has 3 aromatic rings. The molecule has 1 N–H and O–H groups in total. The lowest BCUT2D eigenvalue weighted by atomic mass is 10.0. The highest BCUT2D eigenvalue weighted by molar-refractivity contribution is 5.95. The Hall–Kier alpha value is -3.93. The minimum absolute atomic E-state index is 0.0372. The second kappa shape index (κ2) is 10.1. The zero-order chi connectivity index (χ0) is 25.1. The van der Waals surface area contributed by atoms with Gasteiger partial charge in [0.1, 0.15) is 11.6 Å². The fraction of sp³-hybridized carbons (Fsp3) is 0.348. The maximum absolute atomic E-state index is 14.8. The van der Waals surface area contributed by atoms with Gasteiger partial charge in [-0.3, -0.25) is 0 Å². The molecule has 12 heteroatoms. The summed E-state index contributed by atoms with van der Waals surface area (Å²) in [6.07, 6.45) is 0.973. The largest absolute Gasteiger partial charge is 0.497 e. The third kappa shape index (κ3) is 5.27. The molecule has 3 heterocycles. The summed E-state index contributed by atoms with van der Waals surface area (Å²) in [7, 11) is 2.59. The van der Waals surface area contributed by atoms with Crippen LogP contribution in [0.25, 0.3) is 11.1 Å². The van der Waals surface area contributed by atoms with Gasteiger partial charge in [0.2, 0.25) is 5.95 Å². The lowest BCUT2D eigenvalue weighted by molar-refractivity contribution is -0.00572. The number of nitrogens with zero attached hydrogens (tertiary/aromatic N) is 5. The van der Waals surface area contributed by atoms with Crippen LogP contribution >= 0.6 is 0 Å². The Kier molecular flexibility index (Phi) is 7.01. The van der Waals surface area contributed by atoms with Crippen molar-refractivity contribution in [1.82, 2.24) is 20.2 Å². The second-order valence-electron chi connectivity index (χ2n) is 7.98. The van der Waals surface area contributed by atoms with Crippen LogP contribution in [0.15, 0.2) is 30.5 Å². The van der Waals surface area contributed by atoms with Gasteiger partial charge >= 0.3 is 5.97 Å². The first-order valence-electron chi connectivity index (χ1n) is 10.8. The Morgan fingerprint density at radius 3 is 2.49 bits per heavy atom. The van der Waals surface area contributed by atoms with Crippen LogP contribution in [-0.4, -0.2) is 65.7 Å². The maximum Gasteiger partial charge on any atom is 0.359 e. The Morgan fingerprint density at radius 1 is 1.09 bits per heavy atom. The topological polar surface area (TPSA) is 112 Å². The summed E-state index contributed by atoms with van der Waals surface area (Å²) in [5.74, 6) is -1.68. The van der Waals surface area contributed by atoms with E-state index >= 15 is 0 Å². The van der Waals surface area contributed by atoms with Crippen molar-refractivity contribution in [3.63, 3.8) is 0 Å². The quantitative estimate of drug-likeness (QED) is 0.521. The molecule has 1 fully saturated rings. The van der Waals surface area contributed by atoms with Crippen LogP contribution in [0.1, 0.15) is 24.3 Å². The average molecular weight is 486 g/mol. The predicted octanol–water partition coefficient (Wildman–Crippen LogP) is 3.36. The van der Waals surface area contributed by atoms with Gasteiger partial charge in [-0.25, -0.2) is 18.6 Å². The monoisotopic (exact) mass is 486 g/mol. The van der Waals surface area contributed by atoms with Gasteiger partial charge < -0.3 is 24.4 Å². The van der Waals surface area contributed by atoms with Gasteiger partial charge in [0.15, 0.2) is 23.1 Å². The van der Waals surface area contributed by atoms with E-state index in [4.69, 9.17) is 14.2 Å². The molecule has 0 spiro atoms. The SMILES string of the molecule is COC(=O)c1nnc(Nc2nc(N3C[C@@H](C)O[C@@H](C)C3)ncc2F)cc1-c1ccc(OC)cc1F. The molecule has 4 rings (SSSR count). The third-order valence-corrected chi connectivity index (χ3v) is 5.32. The number of carbonyl (C=O) groups excluding carboxylic acids is 1. The number of morpholine rings is 1. The molecular formula is C23H24F2N6O4. The number of anilines is 3. The number of aromatic nitrogens is 4. The summed E-state index contributed by atoms with van der Waals surface area (Å²) < 4.78 is 44.9. The van der Waals surface area contributed by atoms with Crippen molar-refractivity contribution in [3.8, 4) is 16.9 Å². The molecule has 1 aliphatic rings. The van der Waals surface area contributed by atoms with Gasteiger partial charge in [-0.1, -0.05) is 0 Å². The number of rotatable bonds is 6. The molecule has 2 aromatic heterocycles. The number of hydrogen-bond acceptors (Lipinski definition) is 10. The third-order valence-electron chi connectivity index (χ3n) is 5.32. The Balaban J connectivity index is 1.70. The van der Waals surface area contributed by atoms with Crippen LogP contribution in [0.4, 0.5) is 26.4 Å². The van der Waals surface area contributed by atoms with E-state index in [2.05, 4.69) is 25.5 Å². The maximum atomic E-state index is 14.8. The number of hydrogen-bond donors (Lipinski definition) is 1. The average Bonchev–Trinajstić information content (AvgIpc) is 2.84. The predicted molar refractivity (Wildman–Crippen MR) is 123 cm³/mol. The van der Waals surface area contributed by atoms with Crippen LogP contribution < -0.4 is 15.0 Å². The van der Waals surface area contributed by atoms with Gasteiger partial charge in [-0.05, 0) is 32.0 Å². The van der Waals surface area contributed by atoms with E-state index in [-0.39, 0.29) is 40.7 Å². The summed E-state index contributed by atoms with van der Waals surface area (Å²) in [5, 5.41) is 10.6. The molecule has 0 bridgehead atoms. The molecule has 0 amide bonds. The van der Waals surface area contributed by atoms with Crippen molar-refractivity contribution in [2.24, 2.45) is 0 Å². The van der Waals surface area contributed by atoms with E-state index in [9.17, 15) is 13.6 Å². The molecule has 0 radical (unpaired) electrons. The second-order valence-corrected chi connectivity index (χ2v) is 7.98. The van der Waals surface area contributed by atoms with E-state index in [1.807, 2.05) is 18.7 Å². The first kappa shape index (κ1) is 24.2. The van der Waals surface area contributed by atoms with Gasteiger partial charge in [-0.15, -0.1) is 10.2 Å². The highest BCUT2D eigenvalue weighted by atomic mass is 19.1. The van der Waals surface area contributed by atoms with E-state index < -0.39 is 17.6 Å². The van der Waals surface area contributed by atoms with Crippen LogP contribution in [0, 0.1) is 11.6 Å². The smallest absolute Gasteiger partial charge is 0.359 e. The zero-order valence-corrected chi connectivity index (χ0v) is 19.6. The number of ether oxygens (including phenoxy) is 3. The number of nitrogens with one attached hydrogen (secondary N) is 1. The van der Waals surface area contributed by atoms with Gasteiger partial charge in [0, 0.05) is 30.3 Å². The van der Waals surface area contributed by atoms with Crippen molar-refractivity contribution in [2.45, 2.75) is 26.1 Å². The molecule has 0 unspecified atom stereocenters. The van der Waals surface area contributed by atoms with Crippen LogP contribution in [0.3, 0.4) is 0 Å². The highest BCUT2D eigenvalue weighted by Gasteiger charge is 2.25. The number of benzene rings is 1. The minimum atomic E-state index is -0.805. The summed E-state index contributed by atoms with van der Waals surface area (Å²) in [5.41, 5.74) is -0.0495. The summed E-state index contributed by atoms with van der Waals surface area (Å²) in [6.45, 7) is 4.96. The van der Waals surface area contributed by atoms with Gasteiger partial charge in [0.05, 0.1) is 32.6 Å². The highest BCUT2D eigenvalue weighted by Crippen LogP contribution is 2.31. The van der Waals surface area contributed by atoms with Crippen LogP contribution in [-0.2, 0) is 9.47 Å². The number of halogens is 2. The van der Waals surface area contributed by atoms with Crippen molar-refractivity contribution < 1.29 is 27.8 Å². The van der Waals surface area contributed by atoms with E-state index in [1.54, 1.807) is 0 Å². The van der Waals surface area contributed by atoms with E-state index in [0.29, 0.717) is 24.8 Å². The standard InChI is InChI=1S/C23H24F2N6O4/c1-12-10-31(11-13(2)35-12)23-26-9-18(25)21(28-23)27-19-8-16(20(30-29-19)22(32)34-4)15-6-5-14(33-3)7-17(15)24/h5-9,12-13H,10-11H2,1-4H3,(H,26,27,28,29)/t12-,13+. The lowest BCUT2D eigenvalue weighted by Gasteiger charge is -2.35. The van der Waals surface area contributed by atoms with Gasteiger partial charge in [-0.2, -0.15) is 4.98 Å². The fourth-order valence-corrected chi connectivity index (χ4v) is 3.81. The van der Waals surface area contributed by atoms with Crippen molar-refractivity contribution in [3.05, 3.63) is 47.8 Å². The normalized spacial score (nSPS) is 17.7. The molecule has 1 aliphatic heterocycles. The van der Waals surface area contributed by atoms with E-state index in [1.165, 1.54) is 38.5 Å². The zero-order valence-electron chi connectivity index (χ0n) is 19.6. The van der Waals surface area contributed by atoms with E-state index in [0.717, 1.165) is 6.20 Å². The summed E-state index contributed by atoms with van der Waals surface area (Å²) >= 11 is 0. The first-order chi connectivity index (χ1) is 16.8. The Bertz CT molecular complexity index is 1230. The molecule has 2 atom stereocenters. The number of esters is 1. The van der Waals surface area contributed by atoms with Crippen LogP contribution in [0.2, 0.25) is 0 Å². The molecular weight excluding hydrogens is 462 g/mol. The Labute approximate surface area is 200 Å². The fourth-order valence-electron chi connectivity index (χ4n) is 3.81. The number of carbonyl (C=O) groups is 1. The lowest BCUT2D eigenvalue weighted by Crippen LogP contribution is -2.46. The van der Waals surface area contributed by atoms with Crippen molar-refractivity contribution in [1.29, 1.82) is 0 Å². The summed E-state index contributed by atoms with van der Waals surface area (Å²) in [4.78, 5) is 22.5.